The van der Waals surface area contributed by atoms with Gasteiger partial charge >= 0.3 is 5.97 Å². The molecule has 1 saturated heterocycles. The lowest BCUT2D eigenvalue weighted by atomic mass is 9.99. The second kappa shape index (κ2) is 11.1. The quantitative estimate of drug-likeness (QED) is 0.439. The number of rotatable bonds is 10. The molecule has 0 bridgehead atoms. The maximum absolute atomic E-state index is 13.0. The van der Waals surface area contributed by atoms with Crippen LogP contribution in [0.15, 0.2) is 29.1 Å². The van der Waals surface area contributed by atoms with Gasteiger partial charge in [0.15, 0.2) is 5.82 Å². The Labute approximate surface area is 204 Å². The van der Waals surface area contributed by atoms with Crippen molar-refractivity contribution in [3.05, 3.63) is 51.6 Å². The number of H-pyrrole nitrogens is 1. The smallest absolute Gasteiger partial charge is 0.327 e. The van der Waals surface area contributed by atoms with E-state index in [1.54, 1.807) is 6.92 Å². The van der Waals surface area contributed by atoms with Gasteiger partial charge in [-0.3, -0.25) is 14.5 Å². The maximum atomic E-state index is 13.0. The first kappa shape index (κ1) is 25.0. The summed E-state index contributed by atoms with van der Waals surface area (Å²) in [6.07, 6.45) is 2.04. The Morgan fingerprint density at radius 3 is 2.89 bits per heavy atom. The highest BCUT2D eigenvalue weighted by atomic mass is 16.5. The highest BCUT2D eigenvalue weighted by Crippen LogP contribution is 2.30. The van der Waals surface area contributed by atoms with Crippen molar-refractivity contribution in [2.45, 2.75) is 65.8 Å². The minimum absolute atomic E-state index is 0.0624. The number of carbonyl (C=O) groups is 1. The first-order valence-corrected chi connectivity index (χ1v) is 12.3. The van der Waals surface area contributed by atoms with Crippen molar-refractivity contribution in [3.8, 4) is 0 Å². The van der Waals surface area contributed by atoms with E-state index in [1.807, 2.05) is 25.1 Å². The zero-order valence-corrected chi connectivity index (χ0v) is 20.9. The van der Waals surface area contributed by atoms with Gasteiger partial charge in [0.1, 0.15) is 6.54 Å². The van der Waals surface area contributed by atoms with Crippen LogP contribution < -0.4 is 5.56 Å². The molecular weight excluding hydrogens is 448 g/mol. The number of benzene rings is 1. The lowest BCUT2D eigenvalue weighted by molar-refractivity contribution is -0.144. The summed E-state index contributed by atoms with van der Waals surface area (Å²) in [4.78, 5) is 30.4. The topological polar surface area (TPSA) is 115 Å². The number of aromatic nitrogens is 5. The number of hydrogen-bond donors (Lipinski definition) is 1. The lowest BCUT2D eigenvalue weighted by Crippen LogP contribution is -2.40. The van der Waals surface area contributed by atoms with Crippen LogP contribution in [0.2, 0.25) is 0 Å². The number of esters is 1. The minimum Gasteiger partial charge on any atom is -0.465 e. The largest absolute Gasteiger partial charge is 0.465 e. The molecule has 1 aliphatic rings. The van der Waals surface area contributed by atoms with Crippen molar-refractivity contribution in [3.63, 3.8) is 0 Å². The van der Waals surface area contributed by atoms with E-state index < -0.39 is 5.97 Å². The van der Waals surface area contributed by atoms with Crippen molar-refractivity contribution < 1.29 is 14.3 Å². The van der Waals surface area contributed by atoms with Crippen LogP contribution in [0.3, 0.4) is 0 Å². The van der Waals surface area contributed by atoms with Gasteiger partial charge in [-0.1, -0.05) is 25.5 Å². The van der Waals surface area contributed by atoms with E-state index in [0.717, 1.165) is 35.9 Å². The Morgan fingerprint density at radius 2 is 2.17 bits per heavy atom. The van der Waals surface area contributed by atoms with Crippen LogP contribution in [0.25, 0.3) is 10.9 Å². The molecule has 0 unspecified atom stereocenters. The van der Waals surface area contributed by atoms with Gasteiger partial charge in [0.2, 0.25) is 0 Å². The molecule has 3 heterocycles. The van der Waals surface area contributed by atoms with E-state index >= 15 is 0 Å². The molecule has 188 valence electrons. The minimum atomic E-state index is -0.393. The number of aromatic amines is 1. The number of aryl methyl sites for hydroxylation is 1. The highest BCUT2D eigenvalue weighted by Gasteiger charge is 2.33. The number of ether oxygens (including phenoxy) is 2. The number of fused-ring (bicyclic) bond motifs is 1. The summed E-state index contributed by atoms with van der Waals surface area (Å²) in [5.41, 5.74) is 2.49. The highest BCUT2D eigenvalue weighted by molar-refractivity contribution is 5.79. The molecule has 0 aliphatic carbocycles. The van der Waals surface area contributed by atoms with Gasteiger partial charge < -0.3 is 14.5 Å². The lowest BCUT2D eigenvalue weighted by Gasteiger charge is -2.34. The number of tetrazole rings is 1. The Morgan fingerprint density at radius 1 is 1.34 bits per heavy atom. The van der Waals surface area contributed by atoms with Gasteiger partial charge in [-0.2, -0.15) is 0 Å². The van der Waals surface area contributed by atoms with Crippen molar-refractivity contribution in [1.82, 2.24) is 30.1 Å². The molecular formula is C25H34N6O4. The fraction of sp³-hybridized carbons (Fsp3) is 0.560. The van der Waals surface area contributed by atoms with Crippen LogP contribution in [0, 0.1) is 12.8 Å². The molecule has 0 amide bonds. The summed E-state index contributed by atoms with van der Waals surface area (Å²) >= 11 is 0. The summed E-state index contributed by atoms with van der Waals surface area (Å²) in [6, 6.07) is 7.71. The number of hydrogen-bond acceptors (Lipinski definition) is 8. The molecule has 0 saturated carbocycles. The van der Waals surface area contributed by atoms with Gasteiger partial charge in [-0.25, -0.2) is 4.68 Å². The van der Waals surface area contributed by atoms with Gasteiger partial charge in [-0.05, 0) is 66.6 Å². The molecule has 0 radical (unpaired) electrons. The number of nitrogens with zero attached hydrogens (tertiary/aromatic N) is 5. The third kappa shape index (κ3) is 5.94. The van der Waals surface area contributed by atoms with E-state index in [1.165, 1.54) is 4.68 Å². The maximum Gasteiger partial charge on any atom is 0.327 e. The van der Waals surface area contributed by atoms with Gasteiger partial charge in [-0.15, -0.1) is 5.10 Å². The van der Waals surface area contributed by atoms with Crippen LogP contribution in [0.4, 0.5) is 0 Å². The third-order valence-electron chi connectivity index (χ3n) is 6.35. The van der Waals surface area contributed by atoms with E-state index in [0.29, 0.717) is 31.1 Å². The monoisotopic (exact) mass is 482 g/mol. The standard InChI is InChI=1S/C25H34N6O4/c1-5-34-22(32)15-31-24(27-28-29-31)23(16(2)3)30(14-20-7-6-10-35-20)13-19-12-18-11-17(4)8-9-21(18)26-25(19)33/h8-9,11-12,16,20,23H,5-7,10,13-15H2,1-4H3,(H,26,33)/t20-,23-/m1/s1. The van der Waals surface area contributed by atoms with Crippen LogP contribution >= 0.6 is 0 Å². The molecule has 10 nitrogen and oxygen atoms in total. The Bertz CT molecular complexity index is 1210. The van der Waals surface area contributed by atoms with Crippen LogP contribution in [0.1, 0.15) is 56.6 Å². The van der Waals surface area contributed by atoms with Gasteiger partial charge in [0.25, 0.3) is 5.56 Å². The van der Waals surface area contributed by atoms with Crippen LogP contribution in [-0.2, 0) is 27.4 Å². The molecule has 1 aromatic carbocycles. The Hall–Kier alpha value is -3.11. The number of pyridine rings is 1. The Kier molecular flexibility index (Phi) is 7.92. The molecule has 0 spiro atoms. The summed E-state index contributed by atoms with van der Waals surface area (Å²) in [5, 5.41) is 13.2. The molecule has 10 heteroatoms. The van der Waals surface area contributed by atoms with E-state index in [9.17, 15) is 9.59 Å². The molecule has 1 N–H and O–H groups in total. The number of carbonyl (C=O) groups excluding carboxylic acids is 1. The zero-order chi connectivity index (χ0) is 24.9. The van der Waals surface area contributed by atoms with Crippen molar-refractivity contribution in [1.29, 1.82) is 0 Å². The summed E-state index contributed by atoms with van der Waals surface area (Å²) in [5.74, 6) is 0.278. The van der Waals surface area contributed by atoms with Gasteiger partial charge in [0.05, 0.1) is 18.8 Å². The summed E-state index contributed by atoms with van der Waals surface area (Å²) in [7, 11) is 0. The van der Waals surface area contributed by atoms with Crippen molar-refractivity contribution in [2.75, 3.05) is 19.8 Å². The molecule has 2 aromatic heterocycles. The van der Waals surface area contributed by atoms with Crippen LogP contribution in [0.5, 0.6) is 0 Å². The SMILES string of the molecule is CCOC(=O)Cn1nnnc1[C@@H](C(C)C)N(Cc1cc2cc(C)ccc2[nH]c1=O)C[C@H]1CCCO1. The number of nitrogens with one attached hydrogen (secondary N) is 1. The molecule has 2 atom stereocenters. The molecule has 3 aromatic rings. The molecule has 1 fully saturated rings. The normalized spacial score (nSPS) is 16.9. The fourth-order valence-electron chi connectivity index (χ4n) is 4.78. The van der Waals surface area contributed by atoms with Crippen molar-refractivity contribution in [2.24, 2.45) is 5.92 Å². The zero-order valence-electron chi connectivity index (χ0n) is 20.9. The predicted octanol–water partition coefficient (Wildman–Crippen LogP) is 2.76. The second-order valence-corrected chi connectivity index (χ2v) is 9.47. The average molecular weight is 483 g/mol. The fourth-order valence-corrected chi connectivity index (χ4v) is 4.78. The van der Waals surface area contributed by atoms with Crippen LogP contribution in [-0.4, -0.2) is 61.9 Å². The predicted molar refractivity (Wildman–Crippen MR) is 131 cm³/mol. The molecule has 35 heavy (non-hydrogen) atoms. The third-order valence-corrected chi connectivity index (χ3v) is 6.35. The molecule has 1 aliphatic heterocycles. The van der Waals surface area contributed by atoms with Crippen molar-refractivity contribution >= 4 is 16.9 Å². The summed E-state index contributed by atoms with van der Waals surface area (Å²) in [6.45, 7) is 9.96. The first-order valence-electron chi connectivity index (χ1n) is 12.3. The summed E-state index contributed by atoms with van der Waals surface area (Å²) < 4.78 is 12.6. The van der Waals surface area contributed by atoms with Gasteiger partial charge in [0, 0.05) is 30.8 Å². The van der Waals surface area contributed by atoms with E-state index in [-0.39, 0.29) is 30.2 Å². The first-order chi connectivity index (χ1) is 16.9. The molecule has 4 rings (SSSR count). The van der Waals surface area contributed by atoms with E-state index in [2.05, 4.69) is 45.3 Å². The second-order valence-electron chi connectivity index (χ2n) is 9.47. The average Bonchev–Trinajstić information content (AvgIpc) is 3.47. The Balaban J connectivity index is 1.70. The van der Waals surface area contributed by atoms with E-state index in [4.69, 9.17) is 9.47 Å².